The molecule has 8 heteroatoms. The maximum atomic E-state index is 13.8. The van der Waals surface area contributed by atoms with Gasteiger partial charge in [0.1, 0.15) is 5.70 Å². The Hall–Kier alpha value is -2.87. The molecule has 0 N–H and O–H groups in total. The van der Waals surface area contributed by atoms with Crippen molar-refractivity contribution in [3.05, 3.63) is 40.6 Å². The quantitative estimate of drug-likeness (QED) is 0.650. The molecule has 0 saturated carbocycles. The Kier molecular flexibility index (Phi) is 6.74. The van der Waals surface area contributed by atoms with Crippen LogP contribution < -0.4 is 0 Å². The molecular formula is C25H34N4O4. The van der Waals surface area contributed by atoms with Crippen molar-refractivity contribution >= 4 is 23.5 Å². The summed E-state index contributed by atoms with van der Waals surface area (Å²) in [5.41, 5.74) is 4.01. The van der Waals surface area contributed by atoms with Gasteiger partial charge in [-0.3, -0.25) is 14.5 Å². The minimum absolute atomic E-state index is 0.200. The predicted molar refractivity (Wildman–Crippen MR) is 125 cm³/mol. The van der Waals surface area contributed by atoms with Crippen LogP contribution in [0.3, 0.4) is 0 Å². The van der Waals surface area contributed by atoms with Gasteiger partial charge in [-0.05, 0) is 51.8 Å². The van der Waals surface area contributed by atoms with Gasteiger partial charge >= 0.3 is 6.09 Å². The molecule has 2 saturated heterocycles. The highest BCUT2D eigenvalue weighted by atomic mass is 16.6. The van der Waals surface area contributed by atoms with Crippen LogP contribution in [-0.2, 0) is 14.3 Å². The van der Waals surface area contributed by atoms with Crippen molar-refractivity contribution in [1.29, 1.82) is 0 Å². The predicted octanol–water partition coefficient (Wildman–Crippen LogP) is 2.25. The first kappa shape index (κ1) is 23.3. The maximum Gasteiger partial charge on any atom is 0.409 e. The van der Waals surface area contributed by atoms with Crippen molar-refractivity contribution in [1.82, 2.24) is 19.6 Å². The zero-order valence-corrected chi connectivity index (χ0v) is 20.1. The Balaban J connectivity index is 1.63. The highest BCUT2D eigenvalue weighted by Gasteiger charge is 2.46. The Labute approximate surface area is 195 Å². The van der Waals surface area contributed by atoms with Crippen molar-refractivity contribution in [3.8, 4) is 0 Å². The molecule has 0 aromatic heterocycles. The molecule has 3 aliphatic heterocycles. The number of carbonyl (C=O) groups excluding carboxylic acids is 3. The number of likely N-dealkylation sites (tertiary alicyclic amines) is 1. The van der Waals surface area contributed by atoms with Crippen LogP contribution in [0.25, 0.3) is 5.57 Å². The number of hydrogen-bond acceptors (Lipinski definition) is 6. The van der Waals surface area contributed by atoms with E-state index in [0.717, 1.165) is 29.8 Å². The molecule has 0 unspecified atom stereocenters. The van der Waals surface area contributed by atoms with Crippen LogP contribution in [0, 0.1) is 13.8 Å². The number of ether oxygens (including phenoxy) is 1. The third-order valence-electron chi connectivity index (χ3n) is 6.92. The largest absolute Gasteiger partial charge is 0.450 e. The lowest BCUT2D eigenvalue weighted by Gasteiger charge is -2.37. The second-order valence-corrected chi connectivity index (χ2v) is 9.23. The molecule has 1 aromatic rings. The van der Waals surface area contributed by atoms with Gasteiger partial charge in [0.05, 0.1) is 12.2 Å². The lowest BCUT2D eigenvalue weighted by Crippen LogP contribution is -2.50. The molecule has 178 valence electrons. The Bertz CT molecular complexity index is 973. The van der Waals surface area contributed by atoms with E-state index in [-0.39, 0.29) is 23.9 Å². The molecule has 1 aromatic carbocycles. The van der Waals surface area contributed by atoms with E-state index in [9.17, 15) is 14.4 Å². The summed E-state index contributed by atoms with van der Waals surface area (Å²) in [6.07, 6.45) is 0.793. The molecule has 33 heavy (non-hydrogen) atoms. The number of carbonyl (C=O) groups is 3. The van der Waals surface area contributed by atoms with Crippen molar-refractivity contribution in [2.75, 3.05) is 52.9 Å². The van der Waals surface area contributed by atoms with Gasteiger partial charge in [-0.25, -0.2) is 4.79 Å². The number of rotatable bonds is 4. The van der Waals surface area contributed by atoms with Crippen LogP contribution in [0.1, 0.15) is 36.5 Å². The lowest BCUT2D eigenvalue weighted by atomic mass is 9.97. The Morgan fingerprint density at radius 1 is 1.00 bits per heavy atom. The first-order chi connectivity index (χ1) is 15.8. The van der Waals surface area contributed by atoms with Gasteiger partial charge in [0, 0.05) is 45.3 Å². The number of hydrogen-bond donors (Lipinski definition) is 0. The Morgan fingerprint density at radius 2 is 1.67 bits per heavy atom. The molecule has 0 bridgehead atoms. The summed E-state index contributed by atoms with van der Waals surface area (Å²) in [7, 11) is 2.07. The van der Waals surface area contributed by atoms with Crippen molar-refractivity contribution in [2.45, 2.75) is 39.7 Å². The summed E-state index contributed by atoms with van der Waals surface area (Å²) in [5, 5.41) is 0. The number of piperidine rings is 1. The first-order valence-electron chi connectivity index (χ1n) is 11.9. The molecule has 3 heterocycles. The second-order valence-electron chi connectivity index (χ2n) is 9.23. The summed E-state index contributed by atoms with van der Waals surface area (Å²) in [6.45, 7) is 10.2. The molecule has 4 rings (SSSR count). The monoisotopic (exact) mass is 454 g/mol. The molecule has 3 aliphatic rings. The van der Waals surface area contributed by atoms with Crippen LogP contribution in [-0.4, -0.2) is 96.5 Å². The molecule has 0 radical (unpaired) electrons. The highest BCUT2D eigenvalue weighted by molar-refractivity contribution is 6.36. The van der Waals surface area contributed by atoms with Gasteiger partial charge in [-0.1, -0.05) is 23.8 Å². The minimum atomic E-state index is -0.331. The first-order valence-corrected chi connectivity index (χ1v) is 11.9. The number of imide groups is 1. The van der Waals surface area contributed by atoms with E-state index in [1.165, 1.54) is 4.90 Å². The van der Waals surface area contributed by atoms with E-state index >= 15 is 0 Å². The molecule has 2 fully saturated rings. The van der Waals surface area contributed by atoms with Crippen molar-refractivity contribution in [2.24, 2.45) is 0 Å². The summed E-state index contributed by atoms with van der Waals surface area (Å²) < 4.78 is 5.11. The van der Waals surface area contributed by atoms with Crippen molar-refractivity contribution < 1.29 is 19.1 Å². The van der Waals surface area contributed by atoms with Gasteiger partial charge in [-0.15, -0.1) is 0 Å². The van der Waals surface area contributed by atoms with Gasteiger partial charge in [0.2, 0.25) is 0 Å². The third-order valence-corrected chi connectivity index (χ3v) is 6.92. The summed E-state index contributed by atoms with van der Waals surface area (Å²) >= 11 is 0. The molecular weight excluding hydrogens is 420 g/mol. The van der Waals surface area contributed by atoms with Gasteiger partial charge in [0.15, 0.2) is 0 Å². The SMILES string of the molecule is CCOC(=O)N1CCC(N2C(=O)C(c3ccc(C)cc3C)=C(N3CCN(C)CC3)C2=O)CC1. The molecule has 3 amide bonds. The zero-order valence-electron chi connectivity index (χ0n) is 20.1. The number of nitrogens with zero attached hydrogens (tertiary/aromatic N) is 4. The fourth-order valence-corrected chi connectivity index (χ4v) is 5.05. The standard InChI is InChI=1S/C25H34N4O4/c1-5-33-25(32)28-10-8-19(9-11-28)29-23(30)21(20-7-6-17(2)16-18(20)3)22(24(29)31)27-14-12-26(4)13-15-27/h6-7,16,19H,5,8-15H2,1-4H3. The number of aryl methyl sites for hydroxylation is 2. The minimum Gasteiger partial charge on any atom is -0.450 e. The van der Waals surface area contributed by atoms with Crippen LogP contribution in [0.4, 0.5) is 4.79 Å². The van der Waals surface area contributed by atoms with E-state index in [0.29, 0.717) is 56.9 Å². The Morgan fingerprint density at radius 3 is 2.27 bits per heavy atom. The van der Waals surface area contributed by atoms with Crippen LogP contribution >= 0.6 is 0 Å². The molecule has 0 atom stereocenters. The molecule has 8 nitrogen and oxygen atoms in total. The third kappa shape index (κ3) is 4.49. The smallest absolute Gasteiger partial charge is 0.409 e. The lowest BCUT2D eigenvalue weighted by molar-refractivity contribution is -0.141. The van der Waals surface area contributed by atoms with Gasteiger partial charge in [-0.2, -0.15) is 0 Å². The fourth-order valence-electron chi connectivity index (χ4n) is 5.05. The van der Waals surface area contributed by atoms with E-state index in [1.54, 1.807) is 11.8 Å². The van der Waals surface area contributed by atoms with Crippen LogP contribution in [0.5, 0.6) is 0 Å². The summed E-state index contributed by atoms with van der Waals surface area (Å²) in [4.78, 5) is 47.1. The zero-order chi connectivity index (χ0) is 23.7. The van der Waals surface area contributed by atoms with E-state index in [1.807, 2.05) is 26.0 Å². The molecule has 0 aliphatic carbocycles. The van der Waals surface area contributed by atoms with Gasteiger partial charge in [0.25, 0.3) is 11.8 Å². The van der Waals surface area contributed by atoms with Crippen LogP contribution in [0.2, 0.25) is 0 Å². The second kappa shape index (κ2) is 9.55. The number of likely N-dealkylation sites (N-methyl/N-ethyl adjacent to an activating group) is 1. The number of benzene rings is 1. The summed E-state index contributed by atoms with van der Waals surface area (Å²) in [5.74, 6) is -0.412. The van der Waals surface area contributed by atoms with Crippen molar-refractivity contribution in [3.63, 3.8) is 0 Å². The number of piperazine rings is 1. The summed E-state index contributed by atoms with van der Waals surface area (Å²) in [6, 6.07) is 5.80. The molecule has 0 spiro atoms. The average molecular weight is 455 g/mol. The van der Waals surface area contributed by atoms with E-state index in [2.05, 4.69) is 22.9 Å². The average Bonchev–Trinajstić information content (AvgIpc) is 3.04. The topological polar surface area (TPSA) is 73.4 Å². The van der Waals surface area contributed by atoms with E-state index in [4.69, 9.17) is 4.74 Å². The van der Waals surface area contributed by atoms with Crippen LogP contribution in [0.15, 0.2) is 23.9 Å². The highest BCUT2D eigenvalue weighted by Crippen LogP contribution is 2.36. The fraction of sp³-hybridized carbons (Fsp3) is 0.560. The van der Waals surface area contributed by atoms with E-state index < -0.39 is 0 Å². The van der Waals surface area contributed by atoms with Gasteiger partial charge < -0.3 is 19.4 Å². The maximum absolute atomic E-state index is 13.8. The number of amides is 3. The normalized spacial score (nSPS) is 20.8.